The number of para-hydroxylation sites is 1. The third kappa shape index (κ3) is 6.51. The van der Waals surface area contributed by atoms with Crippen LogP contribution in [0.2, 0.25) is 0 Å². The molecule has 0 saturated carbocycles. The minimum Gasteiger partial charge on any atom is -0.459 e. The van der Waals surface area contributed by atoms with Crippen LogP contribution in [0.3, 0.4) is 0 Å². The molecule has 0 radical (unpaired) electrons. The second-order valence-corrected chi connectivity index (χ2v) is 7.00. The van der Waals surface area contributed by atoms with Crippen LogP contribution in [0.5, 0.6) is 0 Å². The number of hydrogen-bond acceptors (Lipinski definition) is 3. The number of guanidine groups is 1. The number of nitrogens with zero attached hydrogens (tertiary/aromatic N) is 1. The average Bonchev–Trinajstić information content (AvgIpc) is 2.93. The zero-order chi connectivity index (χ0) is 18.4. The van der Waals surface area contributed by atoms with Gasteiger partial charge in [0, 0.05) is 30.7 Å². The molecule has 144 valence electrons. The molecule has 0 aliphatic carbocycles. The molecule has 2 aromatic rings. The smallest absolute Gasteiger partial charge is 0.325 e. The van der Waals surface area contributed by atoms with Crippen molar-refractivity contribution in [1.29, 1.82) is 0 Å². The summed E-state index contributed by atoms with van der Waals surface area (Å²) in [6, 6.07) is 6.30. The first-order chi connectivity index (χ1) is 11.8. The third-order valence-corrected chi connectivity index (χ3v) is 3.74. The monoisotopic (exact) mass is 472 g/mol. The molecule has 3 N–H and O–H groups in total. The molecule has 1 aromatic carbocycles. The van der Waals surface area contributed by atoms with Crippen molar-refractivity contribution in [3.63, 3.8) is 0 Å². The number of nitrogens with one attached hydrogen (secondary N) is 3. The highest BCUT2D eigenvalue weighted by Gasteiger charge is 2.16. The molecule has 0 spiro atoms. The van der Waals surface area contributed by atoms with Crippen LogP contribution in [0.4, 0.5) is 0 Å². The Morgan fingerprint density at radius 2 is 2.00 bits per heavy atom. The lowest BCUT2D eigenvalue weighted by molar-refractivity contribution is -0.153. The zero-order valence-corrected chi connectivity index (χ0v) is 18.4. The molecule has 1 heterocycles. The van der Waals surface area contributed by atoms with E-state index in [1.165, 1.54) is 22.0 Å². The number of rotatable bonds is 5. The van der Waals surface area contributed by atoms with Gasteiger partial charge in [0.15, 0.2) is 5.96 Å². The van der Waals surface area contributed by atoms with Crippen molar-refractivity contribution in [3.05, 3.63) is 35.5 Å². The van der Waals surface area contributed by atoms with Gasteiger partial charge in [0.1, 0.15) is 12.1 Å². The van der Waals surface area contributed by atoms with E-state index in [4.69, 9.17) is 4.74 Å². The highest BCUT2D eigenvalue weighted by atomic mass is 127. The summed E-state index contributed by atoms with van der Waals surface area (Å²) < 4.78 is 5.27. The van der Waals surface area contributed by atoms with Gasteiger partial charge in [-0.1, -0.05) is 18.2 Å². The first-order valence-corrected chi connectivity index (χ1v) is 8.52. The van der Waals surface area contributed by atoms with Gasteiger partial charge in [0.05, 0.1) is 0 Å². The Morgan fingerprint density at radius 1 is 1.27 bits per heavy atom. The van der Waals surface area contributed by atoms with Gasteiger partial charge in [0.2, 0.25) is 0 Å². The molecule has 7 heteroatoms. The predicted molar refractivity (Wildman–Crippen MR) is 117 cm³/mol. The van der Waals surface area contributed by atoms with Gasteiger partial charge >= 0.3 is 5.97 Å². The molecule has 1 aromatic heterocycles. The lowest BCUT2D eigenvalue weighted by Gasteiger charge is -2.20. The number of H-pyrrole nitrogens is 1. The van der Waals surface area contributed by atoms with E-state index in [0.29, 0.717) is 5.96 Å². The summed E-state index contributed by atoms with van der Waals surface area (Å²) in [7, 11) is 1.68. The van der Waals surface area contributed by atoms with Crippen LogP contribution in [0.1, 0.15) is 31.9 Å². The van der Waals surface area contributed by atoms with E-state index < -0.39 is 5.60 Å². The Labute approximate surface area is 172 Å². The average molecular weight is 472 g/mol. The lowest BCUT2D eigenvalue weighted by atomic mass is 10.1. The second-order valence-electron chi connectivity index (χ2n) is 7.00. The van der Waals surface area contributed by atoms with Crippen LogP contribution in [-0.2, 0) is 16.0 Å². The Kier molecular flexibility index (Phi) is 8.39. The molecule has 0 aliphatic heterocycles. The first-order valence-electron chi connectivity index (χ1n) is 8.52. The molecular weight excluding hydrogens is 443 g/mol. The van der Waals surface area contributed by atoms with Crippen molar-refractivity contribution in [2.24, 2.45) is 4.99 Å². The van der Waals surface area contributed by atoms with E-state index in [1.807, 2.05) is 20.8 Å². The number of benzene rings is 1. The van der Waals surface area contributed by atoms with Gasteiger partial charge < -0.3 is 20.4 Å². The molecule has 6 nitrogen and oxygen atoms in total. The fourth-order valence-electron chi connectivity index (χ4n) is 2.64. The van der Waals surface area contributed by atoms with Gasteiger partial charge in [-0.25, -0.2) is 0 Å². The maximum absolute atomic E-state index is 11.7. The number of aliphatic imine (C=N–C) groups is 1. The number of fused-ring (bicyclic) bond motifs is 1. The number of esters is 1. The third-order valence-electron chi connectivity index (χ3n) is 3.74. The lowest BCUT2D eigenvalue weighted by Crippen LogP contribution is -2.42. The number of carbonyl (C=O) groups excluding carboxylic acids is 1. The van der Waals surface area contributed by atoms with E-state index in [1.54, 1.807) is 7.05 Å². The largest absolute Gasteiger partial charge is 0.459 e. The fraction of sp³-hybridized carbons (Fsp3) is 0.474. The van der Waals surface area contributed by atoms with E-state index in [0.717, 1.165) is 13.0 Å². The number of halogens is 1. The van der Waals surface area contributed by atoms with E-state index in [9.17, 15) is 4.79 Å². The van der Waals surface area contributed by atoms with E-state index >= 15 is 0 Å². The quantitative estimate of drug-likeness (QED) is 0.271. The summed E-state index contributed by atoms with van der Waals surface area (Å²) in [6.45, 7) is 8.45. The maximum atomic E-state index is 11.7. The van der Waals surface area contributed by atoms with Gasteiger partial charge in [0.25, 0.3) is 0 Å². The Morgan fingerprint density at radius 3 is 2.65 bits per heavy atom. The minimum atomic E-state index is -0.483. The molecule has 0 bridgehead atoms. The summed E-state index contributed by atoms with van der Waals surface area (Å²) in [4.78, 5) is 19.2. The molecule has 0 aliphatic rings. The van der Waals surface area contributed by atoms with Crippen LogP contribution in [0.25, 0.3) is 10.9 Å². The summed E-state index contributed by atoms with van der Waals surface area (Å²) in [6.07, 6.45) is 2.91. The van der Waals surface area contributed by atoms with Crippen LogP contribution in [0, 0.1) is 6.92 Å². The maximum Gasteiger partial charge on any atom is 0.325 e. The van der Waals surface area contributed by atoms with Gasteiger partial charge in [-0.2, -0.15) is 0 Å². The van der Waals surface area contributed by atoms with Gasteiger partial charge in [-0.3, -0.25) is 9.79 Å². The summed E-state index contributed by atoms with van der Waals surface area (Å²) in [5, 5.41) is 7.45. The molecule has 0 atom stereocenters. The normalized spacial score (nSPS) is 11.8. The molecule has 0 unspecified atom stereocenters. The number of ether oxygens (including phenoxy) is 1. The molecule has 0 saturated heterocycles. The van der Waals surface area contributed by atoms with Gasteiger partial charge in [-0.05, 0) is 45.2 Å². The highest BCUT2D eigenvalue weighted by molar-refractivity contribution is 14.0. The number of aromatic amines is 1. The van der Waals surface area contributed by atoms with Crippen LogP contribution in [0.15, 0.2) is 29.4 Å². The minimum absolute atomic E-state index is 0. The fourth-order valence-corrected chi connectivity index (χ4v) is 2.64. The predicted octanol–water partition coefficient (Wildman–Crippen LogP) is 3.14. The molecule has 2 rings (SSSR count). The summed E-state index contributed by atoms with van der Waals surface area (Å²) in [5.74, 6) is 0.282. The molecule has 0 fully saturated rings. The number of carbonyl (C=O) groups is 1. The van der Waals surface area contributed by atoms with Crippen molar-refractivity contribution < 1.29 is 9.53 Å². The van der Waals surface area contributed by atoms with Crippen molar-refractivity contribution in [2.75, 3.05) is 20.1 Å². The van der Waals surface area contributed by atoms with E-state index in [2.05, 4.69) is 51.9 Å². The number of hydrogen-bond donors (Lipinski definition) is 3. The summed E-state index contributed by atoms with van der Waals surface area (Å²) >= 11 is 0. The van der Waals surface area contributed by atoms with Crippen molar-refractivity contribution >= 4 is 46.8 Å². The van der Waals surface area contributed by atoms with E-state index in [-0.39, 0.29) is 36.5 Å². The highest BCUT2D eigenvalue weighted by Crippen LogP contribution is 2.21. The second kappa shape index (κ2) is 9.80. The first kappa shape index (κ1) is 22.3. The number of aryl methyl sites for hydroxylation is 1. The standard InChI is InChI=1S/C19H28N4O2.HI/c1-13-7-6-8-15-14(11-22-17(13)15)9-10-21-18(20-5)23-12-16(24)25-19(2,3)4;/h6-8,11,22H,9-10,12H2,1-5H3,(H2,20,21,23);1H. The molecule has 26 heavy (non-hydrogen) atoms. The number of aromatic nitrogens is 1. The van der Waals surface area contributed by atoms with Crippen molar-refractivity contribution in [3.8, 4) is 0 Å². The molecular formula is C19H29IN4O2. The van der Waals surface area contributed by atoms with Crippen LogP contribution >= 0.6 is 24.0 Å². The van der Waals surface area contributed by atoms with Crippen molar-refractivity contribution in [2.45, 2.75) is 39.7 Å². The van der Waals surface area contributed by atoms with Crippen LogP contribution < -0.4 is 10.6 Å². The Bertz CT molecular complexity index is 762. The Hall–Kier alpha value is -1.77. The SMILES string of the molecule is CN=C(NCCc1c[nH]c2c(C)cccc12)NCC(=O)OC(C)(C)C.I. The van der Waals surface area contributed by atoms with Gasteiger partial charge in [-0.15, -0.1) is 24.0 Å². The van der Waals surface area contributed by atoms with Crippen molar-refractivity contribution in [1.82, 2.24) is 15.6 Å². The Balaban J connectivity index is 0.00000338. The van der Waals surface area contributed by atoms with Crippen LogP contribution in [-0.4, -0.2) is 42.7 Å². The topological polar surface area (TPSA) is 78.5 Å². The summed E-state index contributed by atoms with van der Waals surface area (Å²) in [5.41, 5.74) is 3.20. The molecule has 0 amide bonds. The zero-order valence-electron chi connectivity index (χ0n) is 16.1.